The largest absolute Gasteiger partial charge is 0.351 e. The van der Waals surface area contributed by atoms with E-state index in [1.807, 2.05) is 0 Å². The molecule has 1 amide bonds. The molecule has 1 saturated carbocycles. The Hall–Kier alpha value is -0.570. The van der Waals surface area contributed by atoms with Gasteiger partial charge in [0.25, 0.3) is 0 Å². The van der Waals surface area contributed by atoms with Gasteiger partial charge in [-0.1, -0.05) is 20.3 Å². The molecule has 0 aromatic rings. The third-order valence-corrected chi connectivity index (χ3v) is 3.89. The minimum atomic E-state index is -0.0562. The standard InChI is InChI=1S/C12H24N2O/c1-4-12(3,5-2)14-11(15)9-7-6-8-10(9)13/h9-10H,4-8,13H2,1-3H3,(H,14,15). The lowest BCUT2D eigenvalue weighted by atomic mass is 9.93. The molecule has 1 rings (SSSR count). The number of carbonyl (C=O) groups is 1. The maximum Gasteiger partial charge on any atom is 0.225 e. The van der Waals surface area contributed by atoms with Crippen molar-refractivity contribution < 1.29 is 4.79 Å². The molecule has 0 heterocycles. The molecule has 0 aromatic carbocycles. The topological polar surface area (TPSA) is 55.1 Å². The summed E-state index contributed by atoms with van der Waals surface area (Å²) in [5, 5.41) is 3.15. The minimum absolute atomic E-state index is 0.0439. The summed E-state index contributed by atoms with van der Waals surface area (Å²) in [5.74, 6) is 0.202. The highest BCUT2D eigenvalue weighted by Crippen LogP contribution is 2.25. The van der Waals surface area contributed by atoms with E-state index in [0.717, 1.165) is 32.1 Å². The maximum absolute atomic E-state index is 12.0. The highest BCUT2D eigenvalue weighted by Gasteiger charge is 2.33. The van der Waals surface area contributed by atoms with Gasteiger partial charge in [0.1, 0.15) is 0 Å². The van der Waals surface area contributed by atoms with Gasteiger partial charge in [0.15, 0.2) is 0 Å². The fourth-order valence-electron chi connectivity index (χ4n) is 2.13. The van der Waals surface area contributed by atoms with E-state index in [1.165, 1.54) is 0 Å². The summed E-state index contributed by atoms with van der Waals surface area (Å²) in [6, 6.07) is 0.0722. The molecule has 0 aromatic heterocycles. The number of nitrogens with two attached hydrogens (primary N) is 1. The Labute approximate surface area is 92.8 Å². The molecular formula is C12H24N2O. The average molecular weight is 212 g/mol. The Morgan fingerprint density at radius 2 is 2.00 bits per heavy atom. The Balaban J connectivity index is 2.54. The Morgan fingerprint density at radius 3 is 2.40 bits per heavy atom. The predicted molar refractivity (Wildman–Crippen MR) is 62.4 cm³/mol. The highest BCUT2D eigenvalue weighted by molar-refractivity contribution is 5.80. The van der Waals surface area contributed by atoms with E-state index in [2.05, 4.69) is 26.1 Å². The van der Waals surface area contributed by atoms with Gasteiger partial charge in [-0.15, -0.1) is 0 Å². The summed E-state index contributed by atoms with van der Waals surface area (Å²) >= 11 is 0. The first-order valence-corrected chi connectivity index (χ1v) is 6.10. The van der Waals surface area contributed by atoms with Gasteiger partial charge in [-0.2, -0.15) is 0 Å². The Kier molecular flexibility index (Phi) is 4.14. The van der Waals surface area contributed by atoms with Crippen molar-refractivity contribution in [1.82, 2.24) is 5.32 Å². The van der Waals surface area contributed by atoms with Crippen molar-refractivity contribution in [1.29, 1.82) is 0 Å². The van der Waals surface area contributed by atoms with Crippen molar-refractivity contribution in [3.05, 3.63) is 0 Å². The fourth-order valence-corrected chi connectivity index (χ4v) is 2.13. The highest BCUT2D eigenvalue weighted by atomic mass is 16.2. The molecule has 3 nitrogen and oxygen atoms in total. The molecular weight excluding hydrogens is 188 g/mol. The molecule has 3 N–H and O–H groups in total. The Morgan fingerprint density at radius 1 is 1.40 bits per heavy atom. The second-order valence-electron chi connectivity index (χ2n) is 4.96. The van der Waals surface area contributed by atoms with Crippen LogP contribution in [0, 0.1) is 5.92 Å². The second kappa shape index (κ2) is 4.97. The molecule has 2 unspecified atom stereocenters. The summed E-state index contributed by atoms with van der Waals surface area (Å²) in [4.78, 5) is 12.0. The zero-order valence-corrected chi connectivity index (χ0v) is 10.2. The van der Waals surface area contributed by atoms with Crippen LogP contribution in [0.15, 0.2) is 0 Å². The van der Waals surface area contributed by atoms with E-state index in [1.54, 1.807) is 0 Å². The number of hydrogen-bond donors (Lipinski definition) is 2. The predicted octanol–water partition coefficient (Wildman–Crippen LogP) is 1.81. The lowest BCUT2D eigenvalue weighted by Crippen LogP contribution is -2.49. The molecule has 1 aliphatic carbocycles. The number of nitrogens with one attached hydrogen (secondary N) is 1. The third kappa shape index (κ3) is 2.94. The molecule has 2 atom stereocenters. The van der Waals surface area contributed by atoms with Crippen LogP contribution in [0.1, 0.15) is 52.9 Å². The van der Waals surface area contributed by atoms with Crippen molar-refractivity contribution in [2.24, 2.45) is 11.7 Å². The molecule has 1 fully saturated rings. The lowest BCUT2D eigenvalue weighted by Gasteiger charge is -2.30. The summed E-state index contributed by atoms with van der Waals surface area (Å²) in [7, 11) is 0. The minimum Gasteiger partial charge on any atom is -0.351 e. The van der Waals surface area contributed by atoms with Crippen LogP contribution in [0.4, 0.5) is 0 Å². The zero-order valence-electron chi connectivity index (χ0n) is 10.2. The van der Waals surface area contributed by atoms with Crippen LogP contribution in [0.2, 0.25) is 0 Å². The molecule has 0 radical (unpaired) electrons. The molecule has 0 spiro atoms. The second-order valence-corrected chi connectivity index (χ2v) is 4.96. The Bertz CT molecular complexity index is 224. The van der Waals surface area contributed by atoms with Crippen molar-refractivity contribution in [3.63, 3.8) is 0 Å². The summed E-state index contributed by atoms with van der Waals surface area (Å²) < 4.78 is 0. The summed E-state index contributed by atoms with van der Waals surface area (Å²) in [5.41, 5.74) is 5.86. The molecule has 0 aliphatic heterocycles. The number of amides is 1. The van der Waals surface area contributed by atoms with E-state index in [4.69, 9.17) is 5.73 Å². The fraction of sp³-hybridized carbons (Fsp3) is 0.917. The molecule has 15 heavy (non-hydrogen) atoms. The SMILES string of the molecule is CCC(C)(CC)NC(=O)C1CCCC1N. The van der Waals surface area contributed by atoms with Gasteiger partial charge in [-0.05, 0) is 32.6 Å². The quantitative estimate of drug-likeness (QED) is 0.746. The van der Waals surface area contributed by atoms with Crippen LogP contribution >= 0.6 is 0 Å². The van der Waals surface area contributed by atoms with Crippen LogP contribution in [-0.2, 0) is 4.79 Å². The van der Waals surface area contributed by atoms with Gasteiger partial charge >= 0.3 is 0 Å². The van der Waals surface area contributed by atoms with Crippen LogP contribution in [0.5, 0.6) is 0 Å². The van der Waals surface area contributed by atoms with Gasteiger partial charge in [0.2, 0.25) is 5.91 Å². The first kappa shape index (κ1) is 12.5. The average Bonchev–Trinajstić information content (AvgIpc) is 2.64. The van der Waals surface area contributed by atoms with E-state index in [0.29, 0.717) is 0 Å². The maximum atomic E-state index is 12.0. The molecule has 88 valence electrons. The van der Waals surface area contributed by atoms with Crippen LogP contribution < -0.4 is 11.1 Å². The van der Waals surface area contributed by atoms with Crippen LogP contribution in [0.3, 0.4) is 0 Å². The molecule has 0 bridgehead atoms. The smallest absolute Gasteiger partial charge is 0.225 e. The van der Waals surface area contributed by atoms with Gasteiger partial charge in [-0.3, -0.25) is 4.79 Å². The monoisotopic (exact) mass is 212 g/mol. The number of carbonyl (C=O) groups excluding carboxylic acids is 1. The number of hydrogen-bond acceptors (Lipinski definition) is 2. The van der Waals surface area contributed by atoms with Crippen molar-refractivity contribution in [2.45, 2.75) is 64.5 Å². The van der Waals surface area contributed by atoms with E-state index < -0.39 is 0 Å². The van der Waals surface area contributed by atoms with Gasteiger partial charge < -0.3 is 11.1 Å². The lowest BCUT2D eigenvalue weighted by molar-refractivity contribution is -0.127. The van der Waals surface area contributed by atoms with Gasteiger partial charge in [0.05, 0.1) is 5.92 Å². The first-order valence-electron chi connectivity index (χ1n) is 6.10. The van der Waals surface area contributed by atoms with Crippen molar-refractivity contribution in [2.75, 3.05) is 0 Å². The zero-order chi connectivity index (χ0) is 11.5. The van der Waals surface area contributed by atoms with Crippen LogP contribution in [0.25, 0.3) is 0 Å². The third-order valence-electron chi connectivity index (χ3n) is 3.89. The first-order chi connectivity index (χ1) is 7.02. The van der Waals surface area contributed by atoms with E-state index >= 15 is 0 Å². The summed E-state index contributed by atoms with van der Waals surface area (Å²) in [6.45, 7) is 6.32. The summed E-state index contributed by atoms with van der Waals surface area (Å²) in [6.07, 6.45) is 4.98. The van der Waals surface area contributed by atoms with Crippen molar-refractivity contribution >= 4 is 5.91 Å². The normalized spacial score (nSPS) is 26.7. The van der Waals surface area contributed by atoms with Gasteiger partial charge in [0, 0.05) is 11.6 Å². The molecule has 3 heteroatoms. The van der Waals surface area contributed by atoms with Crippen LogP contribution in [-0.4, -0.2) is 17.5 Å². The van der Waals surface area contributed by atoms with Crippen molar-refractivity contribution in [3.8, 4) is 0 Å². The number of rotatable bonds is 4. The van der Waals surface area contributed by atoms with E-state index in [-0.39, 0.29) is 23.4 Å². The molecule has 1 aliphatic rings. The molecule has 0 saturated heterocycles. The van der Waals surface area contributed by atoms with Gasteiger partial charge in [-0.25, -0.2) is 0 Å². The van der Waals surface area contributed by atoms with E-state index in [9.17, 15) is 4.79 Å².